The van der Waals surface area contributed by atoms with Crippen molar-refractivity contribution in [2.45, 2.75) is 40.0 Å². The van der Waals surface area contributed by atoms with E-state index in [9.17, 15) is 9.59 Å². The number of ether oxygens (including phenoxy) is 1. The van der Waals surface area contributed by atoms with Gasteiger partial charge in [-0.25, -0.2) is 4.79 Å². The van der Waals surface area contributed by atoms with Crippen LogP contribution < -0.4 is 10.1 Å². The van der Waals surface area contributed by atoms with E-state index in [1.807, 2.05) is 45.0 Å². The second kappa shape index (κ2) is 10.0. The number of hydrogen-bond donors (Lipinski definition) is 1. The Morgan fingerprint density at radius 1 is 1.23 bits per heavy atom. The number of rotatable bonds is 7. The van der Waals surface area contributed by atoms with Gasteiger partial charge in [0, 0.05) is 26.2 Å². The van der Waals surface area contributed by atoms with Gasteiger partial charge in [-0.15, -0.1) is 0 Å². The third-order valence-corrected chi connectivity index (χ3v) is 4.70. The number of carbonyl (C=O) groups excluding carboxylic acids is 2. The molecule has 0 spiro atoms. The zero-order valence-electron chi connectivity index (χ0n) is 16.2. The summed E-state index contributed by atoms with van der Waals surface area (Å²) in [6.45, 7) is 9.17. The van der Waals surface area contributed by atoms with Crippen LogP contribution in [0, 0.1) is 5.92 Å². The predicted octanol–water partition coefficient (Wildman–Crippen LogP) is 3.59. The van der Waals surface area contributed by atoms with Crippen LogP contribution in [0.25, 0.3) is 0 Å². The molecule has 1 fully saturated rings. The van der Waals surface area contributed by atoms with E-state index in [0.29, 0.717) is 37.7 Å². The Kier molecular flexibility index (Phi) is 7.75. The molecule has 144 valence electrons. The molecule has 1 aliphatic heterocycles. The van der Waals surface area contributed by atoms with Gasteiger partial charge in [-0.2, -0.15) is 0 Å². The van der Waals surface area contributed by atoms with E-state index >= 15 is 0 Å². The van der Waals surface area contributed by atoms with Gasteiger partial charge >= 0.3 is 6.03 Å². The molecule has 26 heavy (non-hydrogen) atoms. The fourth-order valence-electron chi connectivity index (χ4n) is 3.20. The highest BCUT2D eigenvalue weighted by atomic mass is 16.5. The third-order valence-electron chi connectivity index (χ3n) is 4.70. The first kappa shape index (κ1) is 20.1. The maximum absolute atomic E-state index is 12.8. The lowest BCUT2D eigenvalue weighted by molar-refractivity contribution is -0.121. The minimum Gasteiger partial charge on any atom is -0.491 e. The molecule has 3 amide bonds. The lowest BCUT2D eigenvalue weighted by Gasteiger charge is -2.35. The molecule has 0 bridgehead atoms. The van der Waals surface area contributed by atoms with Crippen molar-refractivity contribution in [3.05, 3.63) is 24.3 Å². The number of piperidine rings is 1. The monoisotopic (exact) mass is 361 g/mol. The lowest BCUT2D eigenvalue weighted by Crippen LogP contribution is -2.49. The number of anilines is 1. The van der Waals surface area contributed by atoms with Crippen molar-refractivity contribution in [3.63, 3.8) is 0 Å². The lowest BCUT2D eigenvalue weighted by atomic mass is 9.97. The Morgan fingerprint density at radius 2 is 1.96 bits per heavy atom. The number of amides is 3. The minimum atomic E-state index is -0.192. The van der Waals surface area contributed by atoms with E-state index in [4.69, 9.17) is 4.74 Å². The van der Waals surface area contributed by atoms with E-state index in [2.05, 4.69) is 5.32 Å². The summed E-state index contributed by atoms with van der Waals surface area (Å²) < 4.78 is 5.71. The summed E-state index contributed by atoms with van der Waals surface area (Å²) in [5.74, 6) is 0.451. The van der Waals surface area contributed by atoms with E-state index < -0.39 is 0 Å². The highest BCUT2D eigenvalue weighted by Crippen LogP contribution is 2.26. The number of para-hydroxylation sites is 2. The Labute approximate surface area is 156 Å². The molecule has 1 N–H and O–H groups in total. The van der Waals surface area contributed by atoms with Gasteiger partial charge in [-0.3, -0.25) is 4.79 Å². The van der Waals surface area contributed by atoms with Crippen LogP contribution in [0.15, 0.2) is 24.3 Å². The largest absolute Gasteiger partial charge is 0.491 e. The smallest absolute Gasteiger partial charge is 0.320 e. The van der Waals surface area contributed by atoms with Crippen molar-refractivity contribution < 1.29 is 14.3 Å². The van der Waals surface area contributed by atoms with Crippen LogP contribution in [0.5, 0.6) is 5.75 Å². The molecule has 2 rings (SSSR count). The summed E-state index contributed by atoms with van der Waals surface area (Å²) in [7, 11) is 0. The summed E-state index contributed by atoms with van der Waals surface area (Å²) in [5.41, 5.74) is 0.693. The Hall–Kier alpha value is -2.24. The zero-order chi connectivity index (χ0) is 18.9. The van der Waals surface area contributed by atoms with Gasteiger partial charge in [-0.05, 0) is 45.2 Å². The molecule has 1 aliphatic rings. The maximum Gasteiger partial charge on any atom is 0.320 e. The quantitative estimate of drug-likeness (QED) is 0.807. The first-order chi connectivity index (χ1) is 12.6. The van der Waals surface area contributed by atoms with Crippen molar-refractivity contribution in [1.82, 2.24) is 9.80 Å². The predicted molar refractivity (Wildman–Crippen MR) is 103 cm³/mol. The summed E-state index contributed by atoms with van der Waals surface area (Å²) in [5, 5.41) is 2.99. The molecule has 1 atom stereocenters. The van der Waals surface area contributed by atoms with Gasteiger partial charge in [0.25, 0.3) is 0 Å². The van der Waals surface area contributed by atoms with Crippen LogP contribution in [0.1, 0.15) is 40.0 Å². The van der Waals surface area contributed by atoms with Gasteiger partial charge in [0.1, 0.15) is 5.75 Å². The molecule has 0 aliphatic carbocycles. The highest BCUT2D eigenvalue weighted by molar-refractivity contribution is 5.94. The second-order valence-corrected chi connectivity index (χ2v) is 6.57. The second-order valence-electron chi connectivity index (χ2n) is 6.57. The van der Waals surface area contributed by atoms with Crippen LogP contribution in [-0.4, -0.2) is 54.5 Å². The Morgan fingerprint density at radius 3 is 2.65 bits per heavy atom. The SMILES string of the molecule is CCCOc1ccccc1NC(=O)[C@H]1CCCN(C(=O)N(CC)CC)C1. The fourth-order valence-corrected chi connectivity index (χ4v) is 3.20. The van der Waals surface area contributed by atoms with E-state index in [-0.39, 0.29) is 17.9 Å². The molecular weight excluding hydrogens is 330 g/mol. The molecule has 6 heteroatoms. The minimum absolute atomic E-state index is 0.0270. The molecule has 1 heterocycles. The summed E-state index contributed by atoms with van der Waals surface area (Å²) in [6, 6.07) is 7.52. The number of hydrogen-bond acceptors (Lipinski definition) is 3. The zero-order valence-corrected chi connectivity index (χ0v) is 16.2. The summed E-state index contributed by atoms with van der Waals surface area (Å²) in [6.07, 6.45) is 2.55. The van der Waals surface area contributed by atoms with Crippen LogP contribution in [0.2, 0.25) is 0 Å². The van der Waals surface area contributed by atoms with Crippen LogP contribution in [0.3, 0.4) is 0 Å². The van der Waals surface area contributed by atoms with Crippen molar-refractivity contribution in [3.8, 4) is 5.75 Å². The highest BCUT2D eigenvalue weighted by Gasteiger charge is 2.30. The van der Waals surface area contributed by atoms with Crippen LogP contribution in [0.4, 0.5) is 10.5 Å². The van der Waals surface area contributed by atoms with Crippen LogP contribution >= 0.6 is 0 Å². The van der Waals surface area contributed by atoms with Crippen molar-refractivity contribution >= 4 is 17.6 Å². The number of likely N-dealkylation sites (tertiary alicyclic amines) is 1. The topological polar surface area (TPSA) is 61.9 Å². The van der Waals surface area contributed by atoms with Gasteiger partial charge in [-0.1, -0.05) is 19.1 Å². The molecule has 0 saturated carbocycles. The molecule has 0 unspecified atom stereocenters. The average Bonchev–Trinajstić information content (AvgIpc) is 2.68. The first-order valence-electron chi connectivity index (χ1n) is 9.67. The number of urea groups is 1. The molecule has 1 aromatic carbocycles. The fraction of sp³-hybridized carbons (Fsp3) is 0.600. The molecular formula is C20H31N3O3. The number of carbonyl (C=O) groups is 2. The van der Waals surface area contributed by atoms with E-state index in [1.54, 1.807) is 9.80 Å². The molecule has 0 radical (unpaired) electrons. The number of benzene rings is 1. The van der Waals surface area contributed by atoms with Crippen molar-refractivity contribution in [2.75, 3.05) is 38.1 Å². The van der Waals surface area contributed by atoms with Gasteiger partial charge < -0.3 is 19.9 Å². The van der Waals surface area contributed by atoms with E-state index in [0.717, 1.165) is 25.8 Å². The standard InChI is InChI=1S/C20H31N3O3/c1-4-14-26-18-12-8-7-11-17(18)21-19(24)16-10-9-13-23(15-16)20(25)22(5-2)6-3/h7-8,11-12,16H,4-6,9-10,13-15H2,1-3H3,(H,21,24)/t16-/m0/s1. The van der Waals surface area contributed by atoms with E-state index in [1.165, 1.54) is 0 Å². The van der Waals surface area contributed by atoms with Crippen molar-refractivity contribution in [2.24, 2.45) is 5.92 Å². The van der Waals surface area contributed by atoms with Gasteiger partial charge in [0.05, 0.1) is 18.2 Å². The number of nitrogens with zero attached hydrogens (tertiary/aromatic N) is 2. The molecule has 0 aromatic heterocycles. The normalized spacial score (nSPS) is 16.9. The third kappa shape index (κ3) is 5.13. The average molecular weight is 361 g/mol. The molecule has 1 aromatic rings. The summed E-state index contributed by atoms with van der Waals surface area (Å²) in [4.78, 5) is 28.9. The maximum atomic E-state index is 12.8. The van der Waals surface area contributed by atoms with Crippen molar-refractivity contribution in [1.29, 1.82) is 0 Å². The Bertz CT molecular complexity index is 602. The molecule has 6 nitrogen and oxygen atoms in total. The molecule has 1 saturated heterocycles. The number of nitrogens with one attached hydrogen (secondary N) is 1. The summed E-state index contributed by atoms with van der Waals surface area (Å²) >= 11 is 0. The first-order valence-corrected chi connectivity index (χ1v) is 9.67. The van der Waals surface area contributed by atoms with Crippen LogP contribution in [-0.2, 0) is 4.79 Å². The van der Waals surface area contributed by atoms with Gasteiger partial charge in [0.2, 0.25) is 5.91 Å². The van der Waals surface area contributed by atoms with Gasteiger partial charge in [0.15, 0.2) is 0 Å². The Balaban J connectivity index is 2.00.